The van der Waals surface area contributed by atoms with Crippen LogP contribution < -0.4 is 0 Å². The van der Waals surface area contributed by atoms with Gasteiger partial charge in [0, 0.05) is 5.48 Å². The van der Waals surface area contributed by atoms with Crippen LogP contribution in [0.15, 0.2) is 60.5 Å². The van der Waals surface area contributed by atoms with Gasteiger partial charge < -0.3 is 0 Å². The van der Waals surface area contributed by atoms with Crippen molar-refractivity contribution < 1.29 is 12.3 Å². The van der Waals surface area contributed by atoms with E-state index in [0.717, 1.165) is 6.92 Å². The third-order valence-corrected chi connectivity index (χ3v) is 2.13. The van der Waals surface area contributed by atoms with Crippen LogP contribution in [-0.2, 0) is 12.8 Å². The molecule has 0 saturated heterocycles. The molecule has 2 aromatic rings. The molecule has 0 aromatic heterocycles. The Hall–Kier alpha value is -1.56. The fraction of sp³-hybridized carbons (Fsp3) is 0.333. The summed E-state index contributed by atoms with van der Waals surface area (Å²) in [4.78, 5) is 0. The van der Waals surface area contributed by atoms with Crippen LogP contribution in [0.1, 0.15) is 50.1 Å². The van der Waals surface area contributed by atoms with E-state index in [0.29, 0.717) is 0 Å². The van der Waals surface area contributed by atoms with Crippen molar-refractivity contribution in [1.82, 2.24) is 0 Å². The minimum atomic E-state index is -2.68. The monoisotopic (exact) mass is 249 g/mol. The van der Waals surface area contributed by atoms with Gasteiger partial charge in [-0.25, -0.2) is 0 Å². The van der Waals surface area contributed by atoms with E-state index >= 15 is 0 Å². The Morgan fingerprint density at radius 3 is 2.17 bits per heavy atom. The largest absolute Gasteiger partial charge is 0.0651 e. The van der Waals surface area contributed by atoms with E-state index < -0.39 is 48.5 Å². The molecule has 0 fully saturated rings. The molecule has 2 aromatic carbocycles. The highest BCUT2D eigenvalue weighted by Gasteiger charge is 1.85. The van der Waals surface area contributed by atoms with Crippen LogP contribution >= 0.6 is 0 Å². The number of aryl methyl sites for hydroxylation is 1. The van der Waals surface area contributed by atoms with E-state index in [4.69, 9.17) is 12.3 Å². The Morgan fingerprint density at radius 2 is 1.61 bits per heavy atom. The first-order chi connectivity index (χ1) is 12.4. The summed E-state index contributed by atoms with van der Waals surface area (Å²) in [6.07, 6.45) is -2.60. The first-order valence-electron chi connectivity index (χ1n) is 10.5. The first-order valence-corrected chi connectivity index (χ1v) is 5.97. The Kier molecular flexibility index (Phi) is 3.19. The molecule has 96 valence electrons. The molecule has 0 radical (unpaired) electrons. The van der Waals surface area contributed by atoms with Crippen LogP contribution in [0, 0.1) is 0 Å². The Labute approximate surface area is 124 Å². The van der Waals surface area contributed by atoms with Crippen molar-refractivity contribution in [2.24, 2.45) is 0 Å². The zero-order chi connectivity index (χ0) is 21.0. The molecular weight excluding hydrogens is 216 g/mol. The van der Waals surface area contributed by atoms with Gasteiger partial charge in [0.15, 0.2) is 0 Å². The lowest BCUT2D eigenvalue weighted by Gasteiger charge is -1.93. The Morgan fingerprint density at radius 1 is 0.944 bits per heavy atom. The zero-order valence-corrected chi connectivity index (χ0v) is 10.8. The highest BCUT2D eigenvalue weighted by Crippen LogP contribution is 2.01. The third-order valence-electron chi connectivity index (χ3n) is 2.13. The van der Waals surface area contributed by atoms with Gasteiger partial charge in [0.05, 0.1) is 6.85 Å². The maximum atomic E-state index is 7.69. The SMILES string of the molecule is CCCc1ccccc1.[2H]c1c([2H])c([2H])c(C([2H])([2H])C([2H])([2H])C)c([2H])c1[2H]. The van der Waals surface area contributed by atoms with Gasteiger partial charge in [-0.1, -0.05) is 87.2 Å². The van der Waals surface area contributed by atoms with Gasteiger partial charge >= 0.3 is 0 Å². The second kappa shape index (κ2) is 9.47. The summed E-state index contributed by atoms with van der Waals surface area (Å²) >= 11 is 0. The smallest absolute Gasteiger partial charge is 0.0626 e. The highest BCUT2D eigenvalue weighted by molar-refractivity contribution is 5.14. The minimum Gasteiger partial charge on any atom is -0.0651 e. The lowest BCUT2D eigenvalue weighted by atomic mass is 10.1. The standard InChI is InChI=1S/2C9H12/c2*1-2-6-9-7-4-3-5-8-9/h2*3-5,7-8H,2,6H2,1H3/i2D2,3D,4D,5D,6D2,7D,8D;. The summed E-state index contributed by atoms with van der Waals surface area (Å²) < 4.78 is 67.6. The molecule has 2 rings (SSSR count). The van der Waals surface area contributed by atoms with Crippen molar-refractivity contribution in [2.75, 3.05) is 0 Å². The fourth-order valence-electron chi connectivity index (χ4n) is 1.37. The topological polar surface area (TPSA) is 0 Å². The van der Waals surface area contributed by atoms with Crippen LogP contribution in [0.4, 0.5) is 0 Å². The molecule has 0 aliphatic heterocycles. The van der Waals surface area contributed by atoms with Crippen LogP contribution in [0.25, 0.3) is 0 Å². The molecule has 0 aliphatic carbocycles. The molecule has 0 aliphatic rings. The first kappa shape index (κ1) is 6.06. The molecule has 0 N–H and O–H groups in total. The van der Waals surface area contributed by atoms with Gasteiger partial charge in [-0.15, -0.1) is 0 Å². The molecule has 0 saturated carbocycles. The summed E-state index contributed by atoms with van der Waals surface area (Å²) in [7, 11) is 0. The van der Waals surface area contributed by atoms with Gasteiger partial charge in [0.2, 0.25) is 0 Å². The quantitative estimate of drug-likeness (QED) is 0.691. The summed E-state index contributed by atoms with van der Waals surface area (Å²) in [5.74, 6) is 0. The van der Waals surface area contributed by atoms with Gasteiger partial charge in [-0.05, 0) is 23.9 Å². The average molecular weight is 249 g/mol. The molecule has 0 atom stereocenters. The van der Waals surface area contributed by atoms with Crippen LogP contribution in [0.3, 0.4) is 0 Å². The van der Waals surface area contributed by atoms with Crippen LogP contribution in [0.2, 0.25) is 0 Å². The molecular formula is C18H24. The van der Waals surface area contributed by atoms with Crippen molar-refractivity contribution >= 4 is 0 Å². The predicted molar refractivity (Wildman–Crippen MR) is 80.9 cm³/mol. The number of hydrogen-bond acceptors (Lipinski definition) is 0. The highest BCUT2D eigenvalue weighted by atomic mass is 13.9. The van der Waals surface area contributed by atoms with Crippen LogP contribution in [-0.4, -0.2) is 0 Å². The summed E-state index contributed by atoms with van der Waals surface area (Å²) in [6, 6.07) is 7.19. The fourth-order valence-corrected chi connectivity index (χ4v) is 1.37. The van der Waals surface area contributed by atoms with Crippen molar-refractivity contribution in [3.8, 4) is 0 Å². The predicted octanol–water partition coefficient (Wildman–Crippen LogP) is 5.28. The van der Waals surface area contributed by atoms with Crippen molar-refractivity contribution in [2.45, 2.75) is 39.4 Å². The lowest BCUT2D eigenvalue weighted by molar-refractivity contribution is 0.922. The average Bonchev–Trinajstić information content (AvgIpc) is 2.59. The molecule has 0 nitrogen and oxygen atoms in total. The molecule has 0 spiro atoms. The second-order valence-electron chi connectivity index (χ2n) is 3.61. The van der Waals surface area contributed by atoms with Crippen molar-refractivity contribution in [3.05, 3.63) is 71.7 Å². The number of benzene rings is 2. The lowest BCUT2D eigenvalue weighted by Crippen LogP contribution is -1.78. The number of rotatable bonds is 4. The zero-order valence-electron chi connectivity index (χ0n) is 19.8. The third kappa shape index (κ3) is 6.24. The van der Waals surface area contributed by atoms with E-state index in [9.17, 15) is 0 Å². The van der Waals surface area contributed by atoms with E-state index in [-0.39, 0.29) is 0 Å². The molecule has 0 heterocycles. The van der Waals surface area contributed by atoms with E-state index in [1.165, 1.54) is 18.4 Å². The minimum absolute atomic E-state index is 0.624. The van der Waals surface area contributed by atoms with E-state index in [2.05, 4.69) is 37.3 Å². The summed E-state index contributed by atoms with van der Waals surface area (Å²) in [5, 5.41) is 0. The molecule has 0 unspecified atom stereocenters. The van der Waals surface area contributed by atoms with Crippen LogP contribution in [0.5, 0.6) is 0 Å². The van der Waals surface area contributed by atoms with Crippen molar-refractivity contribution in [3.63, 3.8) is 0 Å². The second-order valence-corrected chi connectivity index (χ2v) is 3.61. The van der Waals surface area contributed by atoms with Gasteiger partial charge in [0.25, 0.3) is 0 Å². The Bertz CT molecular complexity index is 736. The molecule has 18 heavy (non-hydrogen) atoms. The summed E-state index contributed by atoms with van der Waals surface area (Å²) in [5.41, 5.74) is 0.793. The molecule has 0 heteroatoms. The van der Waals surface area contributed by atoms with Gasteiger partial charge in [-0.3, -0.25) is 0 Å². The maximum absolute atomic E-state index is 7.69. The number of hydrogen-bond donors (Lipinski definition) is 0. The molecule has 0 amide bonds. The Balaban J connectivity index is 0.000000337. The van der Waals surface area contributed by atoms with Crippen molar-refractivity contribution in [1.29, 1.82) is 0 Å². The van der Waals surface area contributed by atoms with E-state index in [1.54, 1.807) is 0 Å². The normalized spacial score (nSPS) is 18.2. The molecule has 0 bridgehead atoms. The summed E-state index contributed by atoms with van der Waals surface area (Å²) in [6.45, 7) is 3.17. The maximum Gasteiger partial charge on any atom is 0.0626 e. The van der Waals surface area contributed by atoms with Gasteiger partial charge in [0.1, 0.15) is 0 Å². The van der Waals surface area contributed by atoms with E-state index in [1.807, 2.05) is 0 Å². The van der Waals surface area contributed by atoms with Gasteiger partial charge in [-0.2, -0.15) is 0 Å².